The van der Waals surface area contributed by atoms with E-state index in [9.17, 15) is 14.4 Å². The molecule has 0 saturated carbocycles. The number of hydrogen-bond acceptors (Lipinski definition) is 5. The summed E-state index contributed by atoms with van der Waals surface area (Å²) in [6, 6.07) is -0.752. The van der Waals surface area contributed by atoms with Crippen molar-refractivity contribution >= 4 is 33.4 Å². The van der Waals surface area contributed by atoms with E-state index >= 15 is 0 Å². The number of nitrogens with one attached hydrogen (secondary N) is 1. The predicted octanol–water partition coefficient (Wildman–Crippen LogP) is 1.23. The molecule has 7 nitrogen and oxygen atoms in total. The summed E-state index contributed by atoms with van der Waals surface area (Å²) in [6.45, 7) is 5.39. The van der Waals surface area contributed by atoms with Crippen LogP contribution in [0.5, 0.6) is 0 Å². The highest BCUT2D eigenvalue weighted by molar-refractivity contribution is 7.18. The highest BCUT2D eigenvalue weighted by Crippen LogP contribution is 2.25. The van der Waals surface area contributed by atoms with Gasteiger partial charge in [0.05, 0.1) is 18.1 Å². The van der Waals surface area contributed by atoms with E-state index in [1.807, 2.05) is 13.8 Å². The molecular weight excluding hydrogens is 306 g/mol. The fraction of sp³-hybridized carbons (Fsp3) is 0.429. The molecule has 0 aliphatic carbocycles. The number of rotatable bonds is 5. The van der Waals surface area contributed by atoms with Crippen molar-refractivity contribution < 1.29 is 14.7 Å². The Labute approximate surface area is 130 Å². The van der Waals surface area contributed by atoms with Gasteiger partial charge in [-0.15, -0.1) is 11.3 Å². The van der Waals surface area contributed by atoms with Crippen molar-refractivity contribution in [3.05, 3.63) is 27.1 Å². The van der Waals surface area contributed by atoms with Crippen molar-refractivity contribution in [2.45, 2.75) is 33.2 Å². The number of carboxylic acids is 1. The predicted molar refractivity (Wildman–Crippen MR) is 83.3 cm³/mol. The molecule has 1 atom stereocenters. The topological polar surface area (TPSA) is 101 Å². The summed E-state index contributed by atoms with van der Waals surface area (Å²) in [7, 11) is 0. The number of carbonyl (C=O) groups excluding carboxylic acids is 1. The lowest BCUT2D eigenvalue weighted by Gasteiger charge is -2.14. The number of nitrogens with zero attached hydrogens (tertiary/aromatic N) is 2. The number of aliphatic carboxylic acids is 1. The maximum Gasteiger partial charge on any atom is 0.305 e. The van der Waals surface area contributed by atoms with Crippen LogP contribution in [0.2, 0.25) is 0 Å². The van der Waals surface area contributed by atoms with E-state index in [0.717, 1.165) is 10.4 Å². The number of aromatic nitrogens is 2. The first-order chi connectivity index (χ1) is 10.3. The molecule has 2 heterocycles. The largest absolute Gasteiger partial charge is 0.481 e. The molecule has 2 aromatic rings. The lowest BCUT2D eigenvalue weighted by atomic mass is 10.2. The Hall–Kier alpha value is -2.22. The van der Waals surface area contributed by atoms with Crippen LogP contribution in [0.25, 0.3) is 10.2 Å². The van der Waals surface area contributed by atoms with Gasteiger partial charge >= 0.3 is 5.97 Å². The number of hydrogen-bond donors (Lipinski definition) is 2. The zero-order chi connectivity index (χ0) is 16.4. The summed E-state index contributed by atoms with van der Waals surface area (Å²) >= 11 is 1.45. The smallest absolute Gasteiger partial charge is 0.305 e. The number of thiophene rings is 1. The average Bonchev–Trinajstić information content (AvgIpc) is 2.74. The molecular formula is C14H17N3O4S. The van der Waals surface area contributed by atoms with Gasteiger partial charge in [-0.05, 0) is 26.3 Å². The summed E-state index contributed by atoms with van der Waals surface area (Å²) in [5.41, 5.74) is 0.623. The third-order valence-electron chi connectivity index (χ3n) is 3.55. The maximum absolute atomic E-state index is 12.5. The van der Waals surface area contributed by atoms with E-state index < -0.39 is 17.9 Å². The number of carboxylic acid groups (broad SMARTS) is 1. The molecule has 0 radical (unpaired) electrons. The first-order valence-electron chi connectivity index (χ1n) is 6.79. The van der Waals surface area contributed by atoms with Crippen LogP contribution < -0.4 is 10.9 Å². The summed E-state index contributed by atoms with van der Waals surface area (Å²) in [5.74, 6) is -1.40. The van der Waals surface area contributed by atoms with E-state index in [-0.39, 0.29) is 18.5 Å². The lowest BCUT2D eigenvalue weighted by molar-refractivity contribution is -0.137. The zero-order valence-corrected chi connectivity index (χ0v) is 13.4. The SMILES string of the molecule is Cc1sc2ncn(C(C)C(=O)NCCC(=O)O)c(=O)c2c1C. The van der Waals surface area contributed by atoms with Gasteiger partial charge in [-0.1, -0.05) is 0 Å². The molecule has 2 rings (SSSR count). The van der Waals surface area contributed by atoms with Crippen molar-refractivity contribution in [2.75, 3.05) is 6.54 Å². The van der Waals surface area contributed by atoms with Crippen molar-refractivity contribution in [1.82, 2.24) is 14.9 Å². The van der Waals surface area contributed by atoms with Crippen LogP contribution in [-0.2, 0) is 9.59 Å². The minimum atomic E-state index is -0.988. The zero-order valence-electron chi connectivity index (χ0n) is 12.5. The molecule has 0 spiro atoms. The number of fused-ring (bicyclic) bond motifs is 1. The first kappa shape index (κ1) is 16.2. The monoisotopic (exact) mass is 323 g/mol. The second-order valence-electron chi connectivity index (χ2n) is 5.03. The van der Waals surface area contributed by atoms with Crippen LogP contribution in [0.1, 0.15) is 29.8 Å². The third kappa shape index (κ3) is 3.01. The van der Waals surface area contributed by atoms with Gasteiger partial charge in [-0.25, -0.2) is 4.98 Å². The van der Waals surface area contributed by atoms with Crippen molar-refractivity contribution in [2.24, 2.45) is 0 Å². The molecule has 0 aromatic carbocycles. The van der Waals surface area contributed by atoms with Crippen molar-refractivity contribution in [1.29, 1.82) is 0 Å². The van der Waals surface area contributed by atoms with Crippen LogP contribution >= 0.6 is 11.3 Å². The van der Waals surface area contributed by atoms with Gasteiger partial charge < -0.3 is 10.4 Å². The van der Waals surface area contributed by atoms with Crippen molar-refractivity contribution in [3.8, 4) is 0 Å². The van der Waals surface area contributed by atoms with E-state index in [2.05, 4.69) is 10.3 Å². The van der Waals surface area contributed by atoms with Crippen LogP contribution in [0.3, 0.4) is 0 Å². The number of carbonyl (C=O) groups is 2. The van der Waals surface area contributed by atoms with Crippen molar-refractivity contribution in [3.63, 3.8) is 0 Å². The quantitative estimate of drug-likeness (QED) is 0.861. The minimum absolute atomic E-state index is 0.0273. The molecule has 0 saturated heterocycles. The molecule has 8 heteroatoms. The van der Waals surface area contributed by atoms with E-state index in [1.54, 1.807) is 6.92 Å². The van der Waals surface area contributed by atoms with Crippen LogP contribution in [-0.4, -0.2) is 33.1 Å². The molecule has 0 aliphatic rings. The molecule has 1 amide bonds. The molecule has 0 aliphatic heterocycles. The van der Waals surface area contributed by atoms with E-state index in [0.29, 0.717) is 10.2 Å². The molecule has 118 valence electrons. The maximum atomic E-state index is 12.5. The molecule has 2 aromatic heterocycles. The summed E-state index contributed by atoms with van der Waals surface area (Å²) in [4.78, 5) is 40.9. The summed E-state index contributed by atoms with van der Waals surface area (Å²) < 4.78 is 1.28. The fourth-order valence-electron chi connectivity index (χ4n) is 2.09. The highest BCUT2D eigenvalue weighted by Gasteiger charge is 2.19. The lowest BCUT2D eigenvalue weighted by Crippen LogP contribution is -2.36. The minimum Gasteiger partial charge on any atom is -0.481 e. The fourth-order valence-corrected chi connectivity index (χ4v) is 3.08. The second kappa shape index (κ2) is 6.27. The number of aryl methyl sites for hydroxylation is 2. The van der Waals surface area contributed by atoms with Gasteiger partial charge in [0.2, 0.25) is 5.91 Å². The summed E-state index contributed by atoms with van der Waals surface area (Å²) in [5, 5.41) is 11.6. The second-order valence-corrected chi connectivity index (χ2v) is 6.23. The van der Waals surface area contributed by atoms with Gasteiger partial charge in [-0.3, -0.25) is 19.0 Å². The Morgan fingerprint density at radius 2 is 2.14 bits per heavy atom. The van der Waals surface area contributed by atoms with Gasteiger partial charge in [-0.2, -0.15) is 0 Å². The normalized spacial score (nSPS) is 12.3. The Morgan fingerprint density at radius 3 is 2.77 bits per heavy atom. The molecule has 1 unspecified atom stereocenters. The Balaban J connectivity index is 2.28. The molecule has 2 N–H and O–H groups in total. The molecule has 0 fully saturated rings. The van der Waals surface area contributed by atoms with Crippen LogP contribution in [0.15, 0.2) is 11.1 Å². The van der Waals surface area contributed by atoms with Crippen LogP contribution in [0.4, 0.5) is 0 Å². The Bertz CT molecular complexity index is 793. The molecule has 0 bridgehead atoms. The third-order valence-corrected chi connectivity index (χ3v) is 4.66. The van der Waals surface area contributed by atoms with Gasteiger partial charge in [0.25, 0.3) is 5.56 Å². The summed E-state index contributed by atoms with van der Waals surface area (Å²) in [6.07, 6.45) is 1.20. The van der Waals surface area contributed by atoms with Crippen LogP contribution in [0, 0.1) is 13.8 Å². The number of amides is 1. The highest BCUT2D eigenvalue weighted by atomic mass is 32.1. The Morgan fingerprint density at radius 1 is 1.45 bits per heavy atom. The van der Waals surface area contributed by atoms with Gasteiger partial charge in [0.1, 0.15) is 10.9 Å². The van der Waals surface area contributed by atoms with Gasteiger partial charge in [0.15, 0.2) is 0 Å². The molecule has 22 heavy (non-hydrogen) atoms. The Kier molecular flexibility index (Phi) is 4.60. The van der Waals surface area contributed by atoms with E-state index in [1.165, 1.54) is 22.2 Å². The van der Waals surface area contributed by atoms with Gasteiger partial charge in [0, 0.05) is 11.4 Å². The average molecular weight is 323 g/mol. The standard InChI is InChI=1S/C14H17N3O4S/c1-7-9(3)22-13-11(7)14(21)17(6-16-13)8(2)12(20)15-5-4-10(18)19/h6,8H,4-5H2,1-3H3,(H,15,20)(H,18,19). The first-order valence-corrected chi connectivity index (χ1v) is 7.61. The van der Waals surface area contributed by atoms with E-state index in [4.69, 9.17) is 5.11 Å².